The summed E-state index contributed by atoms with van der Waals surface area (Å²) in [4.78, 5) is 8.57. The zero-order chi connectivity index (χ0) is 11.6. The van der Waals surface area contributed by atoms with E-state index in [9.17, 15) is 4.57 Å². The molecule has 0 aliphatic rings. The Hall–Kier alpha value is 0.287. The van der Waals surface area contributed by atoms with Crippen LogP contribution in [0.1, 0.15) is 13.3 Å². The van der Waals surface area contributed by atoms with Crippen molar-refractivity contribution < 1.29 is 22.7 Å². The van der Waals surface area contributed by atoms with Crippen LogP contribution in [0.4, 0.5) is 0 Å². The van der Waals surface area contributed by atoms with Gasteiger partial charge in [-0.2, -0.15) is 0 Å². The molecule has 0 aromatic heterocycles. The highest BCUT2D eigenvalue weighted by atomic mass is 31.2. The summed E-state index contributed by atoms with van der Waals surface area (Å²) in [6.07, 6.45) is 1.25. The van der Waals surface area contributed by atoms with Gasteiger partial charge >= 0.3 is 9.53 Å². The first kappa shape index (κ1) is 16.7. The molecule has 0 saturated heterocycles. The first-order valence-corrected chi connectivity index (χ1v) is 7.99. The average molecular weight is 244 g/mol. The lowest BCUT2D eigenvalue weighted by Crippen LogP contribution is -2.21. The van der Waals surface area contributed by atoms with Crippen molar-refractivity contribution in [1.29, 1.82) is 0 Å². The summed E-state index contributed by atoms with van der Waals surface area (Å²) in [6, 6.07) is 0. The van der Waals surface area contributed by atoms with Crippen molar-refractivity contribution in [2.75, 3.05) is 34.2 Å². The molecule has 1 unspecified atom stereocenters. The molecule has 0 aromatic rings. The minimum absolute atomic E-state index is 0.451. The molecule has 0 fully saturated rings. The number of hydrogen-bond acceptors (Lipinski definition) is 4. The van der Waals surface area contributed by atoms with Crippen molar-refractivity contribution in [3.8, 4) is 0 Å². The molecule has 0 aromatic carbocycles. The third-order valence-electron chi connectivity index (χ3n) is 1.22. The molecule has 0 rings (SSSR count). The van der Waals surface area contributed by atoms with Crippen molar-refractivity contribution in [2.24, 2.45) is 0 Å². The Bertz CT molecular complexity index is 151. The van der Waals surface area contributed by atoms with E-state index in [1.165, 1.54) is 6.66 Å². The predicted octanol–water partition coefficient (Wildman–Crippen LogP) is 0.939. The highest BCUT2D eigenvalue weighted by Crippen LogP contribution is 2.35. The summed E-state index contributed by atoms with van der Waals surface area (Å²) < 4.78 is 24.6. The molecule has 0 radical (unpaired) electrons. The van der Waals surface area contributed by atoms with Gasteiger partial charge in [0.25, 0.3) is 0 Å². The quantitative estimate of drug-likeness (QED) is 0.576. The zero-order valence-corrected chi connectivity index (χ0v) is 11.6. The normalized spacial score (nSPS) is 14.5. The molecular weight excluding hydrogens is 223 g/mol. The molecule has 5 nitrogen and oxygen atoms in total. The van der Waals surface area contributed by atoms with Crippen LogP contribution in [-0.2, 0) is 17.8 Å². The maximum atomic E-state index is 10.4. The molecule has 0 amide bonds. The van der Waals surface area contributed by atoms with E-state index in [4.69, 9.17) is 18.2 Å². The summed E-state index contributed by atoms with van der Waals surface area (Å²) in [5.74, 6) is 0. The summed E-state index contributed by atoms with van der Waals surface area (Å²) in [5.41, 5.74) is 0. The van der Waals surface area contributed by atoms with Gasteiger partial charge in [-0.3, -0.25) is 4.57 Å². The second-order valence-electron chi connectivity index (χ2n) is 2.77. The molecule has 1 N–H and O–H groups in total. The molecular formula is C7H21O5PSi. The monoisotopic (exact) mass is 244 g/mol. The highest BCUT2D eigenvalue weighted by Gasteiger charge is 2.05. The van der Waals surface area contributed by atoms with E-state index in [1.807, 2.05) is 6.92 Å². The maximum Gasteiger partial charge on any atom is 0.483 e. The Morgan fingerprint density at radius 2 is 1.57 bits per heavy atom. The van der Waals surface area contributed by atoms with Crippen LogP contribution in [0.25, 0.3) is 0 Å². The number of hydrogen-bond donors (Lipinski definition) is 1. The van der Waals surface area contributed by atoms with Crippen LogP contribution < -0.4 is 0 Å². The first-order chi connectivity index (χ1) is 6.41. The second-order valence-corrected chi connectivity index (χ2v) is 7.31. The number of rotatable bonds is 5. The Morgan fingerprint density at radius 1 is 1.21 bits per heavy atom. The molecule has 0 spiro atoms. The molecule has 0 aliphatic carbocycles. The van der Waals surface area contributed by atoms with Gasteiger partial charge in [-0.15, -0.1) is 0 Å². The molecule has 0 saturated carbocycles. The summed E-state index contributed by atoms with van der Waals surface area (Å²) in [6.45, 7) is 3.28. The Morgan fingerprint density at radius 3 is 1.57 bits per heavy atom. The lowest BCUT2D eigenvalue weighted by atomic mass is 10.6. The van der Waals surface area contributed by atoms with Crippen LogP contribution in [0.15, 0.2) is 0 Å². The summed E-state index contributed by atoms with van der Waals surface area (Å²) in [7, 11) is 0.383. The molecule has 14 heavy (non-hydrogen) atoms. The maximum absolute atomic E-state index is 10.4. The molecule has 1 atom stereocenters. The minimum atomic E-state index is -2.67. The Labute approximate surface area is 87.8 Å². The van der Waals surface area contributed by atoms with Gasteiger partial charge in [0, 0.05) is 34.2 Å². The molecule has 0 heterocycles. The topological polar surface area (TPSA) is 65.0 Å². The van der Waals surface area contributed by atoms with Crippen molar-refractivity contribution >= 4 is 16.9 Å². The molecule has 7 heteroatoms. The third kappa shape index (κ3) is 14.8. The van der Waals surface area contributed by atoms with E-state index in [1.54, 1.807) is 21.3 Å². The van der Waals surface area contributed by atoms with Gasteiger partial charge in [-0.05, 0) is 6.42 Å². The minimum Gasteiger partial charge on any atom is -0.379 e. The first-order valence-electron chi connectivity index (χ1n) is 4.28. The zero-order valence-electron chi connectivity index (χ0n) is 9.52. The molecule has 88 valence electrons. The van der Waals surface area contributed by atoms with Crippen molar-refractivity contribution in [3.05, 3.63) is 0 Å². The van der Waals surface area contributed by atoms with Gasteiger partial charge in [0.05, 0.1) is 0 Å². The third-order valence-corrected chi connectivity index (χ3v) is 3.65. The van der Waals surface area contributed by atoms with Crippen molar-refractivity contribution in [1.82, 2.24) is 0 Å². The summed E-state index contributed by atoms with van der Waals surface area (Å²) in [5, 5.41) is 0. The van der Waals surface area contributed by atoms with Gasteiger partial charge < -0.3 is 18.2 Å². The van der Waals surface area contributed by atoms with E-state index < -0.39 is 16.9 Å². The smallest absolute Gasteiger partial charge is 0.379 e. The SMILES string of the molecule is CCCP(C)(=O)O.CO[SiH](OC)OC. The van der Waals surface area contributed by atoms with Crippen LogP contribution in [-0.4, -0.2) is 48.6 Å². The van der Waals surface area contributed by atoms with E-state index >= 15 is 0 Å². The largest absolute Gasteiger partial charge is 0.483 e. The fourth-order valence-corrected chi connectivity index (χ4v) is 2.11. The van der Waals surface area contributed by atoms with Gasteiger partial charge in [0.15, 0.2) is 7.37 Å². The van der Waals surface area contributed by atoms with Crippen LogP contribution in [0.5, 0.6) is 0 Å². The van der Waals surface area contributed by atoms with Gasteiger partial charge in [-0.1, -0.05) is 6.92 Å². The van der Waals surface area contributed by atoms with Crippen LogP contribution in [0.2, 0.25) is 0 Å². The van der Waals surface area contributed by atoms with Crippen LogP contribution in [0.3, 0.4) is 0 Å². The van der Waals surface area contributed by atoms with Gasteiger partial charge in [-0.25, -0.2) is 0 Å². The van der Waals surface area contributed by atoms with Crippen LogP contribution in [0, 0.1) is 0 Å². The van der Waals surface area contributed by atoms with Crippen molar-refractivity contribution in [2.45, 2.75) is 13.3 Å². The Kier molecular flexibility index (Phi) is 11.7. The van der Waals surface area contributed by atoms with Gasteiger partial charge in [0.2, 0.25) is 0 Å². The Balaban J connectivity index is 0. The van der Waals surface area contributed by atoms with E-state index in [0.29, 0.717) is 6.16 Å². The highest BCUT2D eigenvalue weighted by molar-refractivity contribution is 7.57. The lowest BCUT2D eigenvalue weighted by Gasteiger charge is -2.05. The fraction of sp³-hybridized carbons (Fsp3) is 1.00. The molecule has 0 aliphatic heterocycles. The standard InChI is InChI=1S/C4H11O2P.C3H10O3Si/c1-3-4-7(2,5)6;1-4-7(5-2)6-3/h3-4H2,1-2H3,(H,5,6);7H,1-3H3. The fourth-order valence-electron chi connectivity index (χ4n) is 0.704. The summed E-state index contributed by atoms with van der Waals surface area (Å²) >= 11 is 0. The second kappa shape index (κ2) is 9.83. The van der Waals surface area contributed by atoms with E-state index in [-0.39, 0.29) is 0 Å². The van der Waals surface area contributed by atoms with E-state index in [0.717, 1.165) is 6.42 Å². The lowest BCUT2D eigenvalue weighted by molar-refractivity contribution is 0.163. The molecule has 0 bridgehead atoms. The predicted molar refractivity (Wildman–Crippen MR) is 59.1 cm³/mol. The van der Waals surface area contributed by atoms with Crippen LogP contribution >= 0.6 is 7.37 Å². The van der Waals surface area contributed by atoms with E-state index in [2.05, 4.69) is 0 Å². The van der Waals surface area contributed by atoms with Crippen molar-refractivity contribution in [3.63, 3.8) is 0 Å². The average Bonchev–Trinajstić information content (AvgIpc) is 2.06. The van der Waals surface area contributed by atoms with Gasteiger partial charge in [0.1, 0.15) is 0 Å².